The Bertz CT molecular complexity index is 379. The molecule has 1 aromatic rings. The van der Waals surface area contributed by atoms with Gasteiger partial charge in [0.1, 0.15) is 5.75 Å². The number of hydrogen-bond acceptors (Lipinski definition) is 2. The van der Waals surface area contributed by atoms with Gasteiger partial charge in [-0.3, -0.25) is 0 Å². The van der Waals surface area contributed by atoms with Crippen molar-refractivity contribution in [3.63, 3.8) is 0 Å². The van der Waals surface area contributed by atoms with E-state index in [1.165, 1.54) is 5.56 Å². The maximum Gasteiger partial charge on any atom is 0.122 e. The summed E-state index contributed by atoms with van der Waals surface area (Å²) in [4.78, 5) is 0. The molecular weight excluding hydrogens is 234 g/mol. The highest BCUT2D eigenvalue weighted by Crippen LogP contribution is 2.26. The Balaban J connectivity index is 2.71. The predicted octanol–water partition coefficient (Wildman–Crippen LogP) is 4.04. The van der Waals surface area contributed by atoms with E-state index in [1.54, 1.807) is 0 Å². The third-order valence-electron chi connectivity index (χ3n) is 3.43. The van der Waals surface area contributed by atoms with Crippen molar-refractivity contribution >= 4 is 0 Å². The van der Waals surface area contributed by atoms with Gasteiger partial charge in [-0.25, -0.2) is 0 Å². The second-order valence-electron chi connectivity index (χ2n) is 6.52. The first-order chi connectivity index (χ1) is 8.84. The normalized spacial score (nSPS) is 13.6. The summed E-state index contributed by atoms with van der Waals surface area (Å²) in [5.41, 5.74) is 1.59. The molecule has 0 aliphatic carbocycles. The topological polar surface area (TPSA) is 21.3 Å². The van der Waals surface area contributed by atoms with Crippen molar-refractivity contribution < 1.29 is 4.74 Å². The van der Waals surface area contributed by atoms with Crippen molar-refractivity contribution in [2.75, 3.05) is 7.05 Å². The van der Waals surface area contributed by atoms with Crippen LogP contribution in [0.15, 0.2) is 24.3 Å². The van der Waals surface area contributed by atoms with Gasteiger partial charge in [-0.05, 0) is 50.8 Å². The molecule has 1 atom stereocenters. The summed E-state index contributed by atoms with van der Waals surface area (Å²) >= 11 is 0. The van der Waals surface area contributed by atoms with E-state index in [4.69, 9.17) is 4.74 Å². The Labute approximate surface area is 118 Å². The molecule has 2 heteroatoms. The number of aryl methyl sites for hydroxylation is 1. The highest BCUT2D eigenvalue weighted by Gasteiger charge is 2.22. The lowest BCUT2D eigenvalue weighted by molar-refractivity contribution is 0.237. The molecule has 0 radical (unpaired) electrons. The number of hydrogen-bond donors (Lipinski definition) is 1. The smallest absolute Gasteiger partial charge is 0.122 e. The molecule has 108 valence electrons. The lowest BCUT2D eigenvalue weighted by atomic mass is 9.83. The van der Waals surface area contributed by atoms with Crippen molar-refractivity contribution in [1.82, 2.24) is 5.32 Å². The monoisotopic (exact) mass is 263 g/mol. The number of para-hydroxylation sites is 1. The summed E-state index contributed by atoms with van der Waals surface area (Å²) in [6.45, 7) is 11.0. The van der Waals surface area contributed by atoms with Crippen LogP contribution in [0.4, 0.5) is 0 Å². The van der Waals surface area contributed by atoms with E-state index in [-0.39, 0.29) is 11.5 Å². The van der Waals surface area contributed by atoms with E-state index in [1.807, 2.05) is 13.1 Å². The molecule has 1 aromatic carbocycles. The molecular formula is C17H29NO. The average Bonchev–Trinajstić information content (AvgIpc) is 2.29. The minimum atomic E-state index is 0.226. The molecule has 0 aromatic heterocycles. The van der Waals surface area contributed by atoms with Gasteiger partial charge in [0.05, 0.1) is 6.10 Å². The minimum absolute atomic E-state index is 0.226. The Morgan fingerprint density at radius 3 is 2.32 bits per heavy atom. The highest BCUT2D eigenvalue weighted by atomic mass is 16.5. The van der Waals surface area contributed by atoms with Crippen molar-refractivity contribution in [1.29, 1.82) is 0 Å². The lowest BCUT2D eigenvalue weighted by Gasteiger charge is -2.30. The van der Waals surface area contributed by atoms with E-state index in [0.717, 1.165) is 18.6 Å². The second-order valence-corrected chi connectivity index (χ2v) is 6.52. The van der Waals surface area contributed by atoms with Gasteiger partial charge in [0, 0.05) is 6.04 Å². The molecule has 0 saturated heterocycles. The van der Waals surface area contributed by atoms with Gasteiger partial charge < -0.3 is 10.1 Å². The summed E-state index contributed by atoms with van der Waals surface area (Å²) in [6.07, 6.45) is 2.40. The third-order valence-corrected chi connectivity index (χ3v) is 3.43. The van der Waals surface area contributed by atoms with Crippen molar-refractivity contribution in [3.8, 4) is 5.75 Å². The first-order valence-electron chi connectivity index (χ1n) is 7.26. The molecule has 0 bridgehead atoms. The van der Waals surface area contributed by atoms with Gasteiger partial charge in [0.25, 0.3) is 0 Å². The van der Waals surface area contributed by atoms with Gasteiger partial charge in [-0.15, -0.1) is 0 Å². The van der Waals surface area contributed by atoms with E-state index < -0.39 is 0 Å². The van der Waals surface area contributed by atoms with Crippen molar-refractivity contribution in [3.05, 3.63) is 29.8 Å². The fourth-order valence-corrected chi connectivity index (χ4v) is 2.39. The molecule has 19 heavy (non-hydrogen) atoms. The molecule has 0 aliphatic heterocycles. The molecule has 0 fully saturated rings. The average molecular weight is 263 g/mol. The predicted molar refractivity (Wildman–Crippen MR) is 82.8 cm³/mol. The summed E-state index contributed by atoms with van der Waals surface area (Å²) in [7, 11) is 2.05. The van der Waals surface area contributed by atoms with Gasteiger partial charge in [0.15, 0.2) is 0 Å². The Hall–Kier alpha value is -1.02. The third kappa shape index (κ3) is 5.23. The zero-order valence-corrected chi connectivity index (χ0v) is 13.3. The molecule has 1 N–H and O–H groups in total. The minimum Gasteiger partial charge on any atom is -0.491 e. The first kappa shape index (κ1) is 16.0. The van der Waals surface area contributed by atoms with Crippen LogP contribution >= 0.6 is 0 Å². The standard InChI is InChI=1S/C17H29NO/c1-13(2)19-15-10-8-7-9-14(15)11-12-16(18-6)17(3,4)5/h7-10,13,16,18H,11-12H2,1-6H3. The lowest BCUT2D eigenvalue weighted by Crippen LogP contribution is -2.38. The number of benzene rings is 1. The molecule has 2 nitrogen and oxygen atoms in total. The van der Waals surface area contributed by atoms with Gasteiger partial charge >= 0.3 is 0 Å². The largest absolute Gasteiger partial charge is 0.491 e. The molecule has 0 aliphatic rings. The molecule has 1 rings (SSSR count). The van der Waals surface area contributed by atoms with E-state index in [9.17, 15) is 0 Å². The number of rotatable bonds is 6. The number of nitrogens with one attached hydrogen (secondary N) is 1. The van der Waals surface area contributed by atoms with E-state index in [0.29, 0.717) is 6.04 Å². The quantitative estimate of drug-likeness (QED) is 0.836. The fourth-order valence-electron chi connectivity index (χ4n) is 2.39. The van der Waals surface area contributed by atoms with Crippen LogP contribution in [0.2, 0.25) is 0 Å². The summed E-state index contributed by atoms with van der Waals surface area (Å²) in [6, 6.07) is 8.89. The molecule has 0 saturated carbocycles. The first-order valence-corrected chi connectivity index (χ1v) is 7.26. The summed E-state index contributed by atoms with van der Waals surface area (Å²) in [5.74, 6) is 1.03. The summed E-state index contributed by atoms with van der Waals surface area (Å²) < 4.78 is 5.88. The Morgan fingerprint density at radius 1 is 1.16 bits per heavy atom. The van der Waals surface area contributed by atoms with Gasteiger partial charge in [0.2, 0.25) is 0 Å². The number of ether oxygens (including phenoxy) is 1. The Morgan fingerprint density at radius 2 is 1.79 bits per heavy atom. The maximum absolute atomic E-state index is 5.88. The van der Waals surface area contributed by atoms with Gasteiger partial charge in [-0.1, -0.05) is 39.0 Å². The molecule has 1 unspecified atom stereocenters. The van der Waals surface area contributed by atoms with Crippen LogP contribution in [-0.2, 0) is 6.42 Å². The fraction of sp³-hybridized carbons (Fsp3) is 0.647. The Kier molecular flexibility index (Phi) is 5.86. The SMILES string of the molecule is CNC(CCc1ccccc1OC(C)C)C(C)(C)C. The van der Waals surface area contributed by atoms with E-state index in [2.05, 4.69) is 58.1 Å². The van der Waals surface area contributed by atoms with Crippen molar-refractivity contribution in [2.45, 2.75) is 59.6 Å². The maximum atomic E-state index is 5.88. The van der Waals surface area contributed by atoms with Crippen molar-refractivity contribution in [2.24, 2.45) is 5.41 Å². The van der Waals surface area contributed by atoms with Crippen LogP contribution in [0, 0.1) is 5.41 Å². The van der Waals surface area contributed by atoms with E-state index >= 15 is 0 Å². The van der Waals surface area contributed by atoms with Crippen LogP contribution in [0.1, 0.15) is 46.6 Å². The van der Waals surface area contributed by atoms with Crippen LogP contribution in [-0.4, -0.2) is 19.2 Å². The molecule has 0 spiro atoms. The van der Waals surface area contributed by atoms with Crippen LogP contribution in [0.5, 0.6) is 5.75 Å². The van der Waals surface area contributed by atoms with Gasteiger partial charge in [-0.2, -0.15) is 0 Å². The summed E-state index contributed by atoms with van der Waals surface area (Å²) in [5, 5.41) is 3.43. The van der Waals surface area contributed by atoms with Crippen LogP contribution in [0.3, 0.4) is 0 Å². The van der Waals surface area contributed by atoms with Crippen LogP contribution in [0.25, 0.3) is 0 Å². The molecule has 0 amide bonds. The molecule has 0 heterocycles. The zero-order valence-electron chi connectivity index (χ0n) is 13.3. The zero-order chi connectivity index (χ0) is 14.5. The highest BCUT2D eigenvalue weighted by molar-refractivity contribution is 5.33. The van der Waals surface area contributed by atoms with Crippen LogP contribution < -0.4 is 10.1 Å². The second kappa shape index (κ2) is 6.95.